The van der Waals surface area contributed by atoms with Crippen LogP contribution in [0, 0.1) is 17.5 Å². The van der Waals surface area contributed by atoms with E-state index in [1.807, 2.05) is 0 Å². The molecule has 3 aromatic carbocycles. The van der Waals surface area contributed by atoms with Gasteiger partial charge in [-0.15, -0.1) is 0 Å². The van der Waals surface area contributed by atoms with Crippen molar-refractivity contribution in [3.63, 3.8) is 0 Å². The van der Waals surface area contributed by atoms with Crippen LogP contribution < -0.4 is 10.1 Å². The molecule has 0 spiro atoms. The van der Waals surface area contributed by atoms with E-state index in [-0.39, 0.29) is 41.4 Å². The number of aryl methyl sites for hydroxylation is 1. The number of anilines is 1. The number of halogens is 3. The van der Waals surface area contributed by atoms with E-state index in [0.29, 0.717) is 16.8 Å². The van der Waals surface area contributed by atoms with E-state index in [1.54, 1.807) is 37.4 Å². The van der Waals surface area contributed by atoms with Crippen LogP contribution in [-0.2, 0) is 25.0 Å². The molecule has 0 bridgehead atoms. The number of aromatic nitrogens is 2. The van der Waals surface area contributed by atoms with E-state index >= 15 is 0 Å². The molecule has 0 unspecified atom stereocenters. The number of fused-ring (bicyclic) bond motifs is 3. The van der Waals surface area contributed by atoms with Crippen molar-refractivity contribution in [2.24, 2.45) is 7.05 Å². The molecule has 2 N–H and O–H groups in total. The summed E-state index contributed by atoms with van der Waals surface area (Å²) >= 11 is 0. The van der Waals surface area contributed by atoms with Gasteiger partial charge in [-0.05, 0) is 29.8 Å². The van der Waals surface area contributed by atoms with E-state index < -0.39 is 41.8 Å². The summed E-state index contributed by atoms with van der Waals surface area (Å²) in [7, 11) is 1.54. The highest BCUT2D eigenvalue weighted by atomic mass is 19.2. The maximum absolute atomic E-state index is 14.3. The first-order valence-corrected chi connectivity index (χ1v) is 12.0. The molecule has 40 heavy (non-hydrogen) atoms. The molecule has 1 aromatic heterocycles. The number of ether oxygens (including phenoxy) is 1. The number of nitrogens with zero attached hydrogens (tertiary/aromatic N) is 3. The second-order valence-corrected chi connectivity index (χ2v) is 9.05. The molecule has 0 saturated carbocycles. The second kappa shape index (κ2) is 10.6. The Hall–Kier alpha value is -5.13. The van der Waals surface area contributed by atoms with Crippen LogP contribution in [0.4, 0.5) is 18.9 Å². The minimum absolute atomic E-state index is 0.0205. The molecule has 0 radical (unpaired) electrons. The van der Waals surface area contributed by atoms with Gasteiger partial charge in [0.05, 0.1) is 16.9 Å². The van der Waals surface area contributed by atoms with Crippen molar-refractivity contribution in [2.75, 3.05) is 11.9 Å². The predicted octanol–water partition coefficient (Wildman–Crippen LogP) is 4.38. The molecule has 1 aliphatic rings. The molecule has 0 aliphatic carbocycles. The lowest BCUT2D eigenvalue weighted by Crippen LogP contribution is -2.38. The molecule has 2 amide bonds. The lowest BCUT2D eigenvalue weighted by atomic mass is 10.0. The zero-order valence-corrected chi connectivity index (χ0v) is 21.0. The molecule has 1 aliphatic heterocycles. The number of carbonyl (C=O) groups is 3. The van der Waals surface area contributed by atoms with Gasteiger partial charge < -0.3 is 20.1 Å². The number of carboxylic acid groups (broad SMARTS) is 1. The molecule has 2 heterocycles. The Balaban J connectivity index is 1.47. The molecule has 204 valence electrons. The highest BCUT2D eigenvalue weighted by Gasteiger charge is 2.32. The highest BCUT2D eigenvalue weighted by molar-refractivity contribution is 6.01. The molecule has 0 fully saturated rings. The van der Waals surface area contributed by atoms with Crippen LogP contribution in [0.1, 0.15) is 32.0 Å². The summed E-state index contributed by atoms with van der Waals surface area (Å²) in [6, 6.07) is 13.6. The Kier molecular flexibility index (Phi) is 6.99. The first-order chi connectivity index (χ1) is 19.1. The van der Waals surface area contributed by atoms with Gasteiger partial charge in [0.25, 0.3) is 5.91 Å². The molecular formula is C28H21F3N4O5. The summed E-state index contributed by atoms with van der Waals surface area (Å²) in [5.74, 6) is -5.67. The Bertz CT molecular complexity index is 1660. The summed E-state index contributed by atoms with van der Waals surface area (Å²) in [5, 5.41) is 15.8. The molecule has 0 saturated heterocycles. The van der Waals surface area contributed by atoms with Crippen molar-refractivity contribution in [1.29, 1.82) is 0 Å². The van der Waals surface area contributed by atoms with Gasteiger partial charge >= 0.3 is 5.97 Å². The SMILES string of the molecule is Cn1nc(C(=O)N(CC(=O)Nc2cc(C(=O)O)ccc2F)Cc2ccccc2)c2c1-c1cc(F)c(F)cc1OC2. The van der Waals surface area contributed by atoms with Crippen LogP contribution in [0.15, 0.2) is 60.7 Å². The van der Waals surface area contributed by atoms with Crippen molar-refractivity contribution < 1.29 is 37.4 Å². The minimum atomic E-state index is -1.30. The number of amides is 2. The molecule has 4 aromatic rings. The van der Waals surface area contributed by atoms with E-state index in [0.717, 1.165) is 30.3 Å². The summed E-state index contributed by atoms with van der Waals surface area (Å²) < 4.78 is 49.1. The van der Waals surface area contributed by atoms with E-state index in [1.165, 1.54) is 9.58 Å². The topological polar surface area (TPSA) is 114 Å². The van der Waals surface area contributed by atoms with Gasteiger partial charge in [-0.1, -0.05) is 30.3 Å². The second-order valence-electron chi connectivity index (χ2n) is 9.05. The first-order valence-electron chi connectivity index (χ1n) is 12.0. The molecule has 5 rings (SSSR count). The third-order valence-corrected chi connectivity index (χ3v) is 6.32. The summed E-state index contributed by atoms with van der Waals surface area (Å²) in [5.41, 5.74) is 0.944. The van der Waals surface area contributed by atoms with Gasteiger partial charge in [0, 0.05) is 30.8 Å². The number of hydrogen-bond donors (Lipinski definition) is 2. The maximum Gasteiger partial charge on any atom is 0.335 e. The van der Waals surface area contributed by atoms with Crippen molar-refractivity contribution in [3.8, 4) is 17.0 Å². The first kappa shape index (κ1) is 26.5. The summed E-state index contributed by atoms with van der Waals surface area (Å²) in [4.78, 5) is 39.2. The standard InChI is InChI=1S/C28H21F3N4O5/c1-34-26-17-10-20(30)21(31)11-23(17)40-14-18(26)25(33-34)27(37)35(12-15-5-3-2-4-6-15)13-24(36)32-22-9-16(28(38)39)7-8-19(22)29/h2-11H,12-14H2,1H3,(H,32,36)(H,38,39). The third-order valence-electron chi connectivity index (χ3n) is 6.32. The molecule has 12 heteroatoms. The van der Waals surface area contributed by atoms with E-state index in [2.05, 4.69) is 10.4 Å². The minimum Gasteiger partial charge on any atom is -0.488 e. The van der Waals surface area contributed by atoms with Crippen molar-refractivity contribution in [3.05, 3.63) is 100 Å². The van der Waals surface area contributed by atoms with Gasteiger partial charge in [-0.3, -0.25) is 14.3 Å². The normalized spacial score (nSPS) is 11.7. The lowest BCUT2D eigenvalue weighted by Gasteiger charge is -2.23. The van der Waals surface area contributed by atoms with Crippen LogP contribution in [0.3, 0.4) is 0 Å². The third kappa shape index (κ3) is 5.10. The fraction of sp³-hybridized carbons (Fsp3) is 0.143. The molecule has 9 nitrogen and oxygen atoms in total. The van der Waals surface area contributed by atoms with Crippen LogP contribution >= 0.6 is 0 Å². The fourth-order valence-corrected chi connectivity index (χ4v) is 4.47. The zero-order valence-electron chi connectivity index (χ0n) is 21.0. The number of carboxylic acids is 1. The number of rotatable bonds is 7. The smallest absolute Gasteiger partial charge is 0.335 e. The number of carbonyl (C=O) groups excluding carboxylic acids is 2. The monoisotopic (exact) mass is 550 g/mol. The zero-order chi connectivity index (χ0) is 28.6. The summed E-state index contributed by atoms with van der Waals surface area (Å²) in [6.45, 7) is -0.707. The van der Waals surface area contributed by atoms with Gasteiger partial charge in [0.1, 0.15) is 24.7 Å². The number of hydrogen-bond acceptors (Lipinski definition) is 5. The van der Waals surface area contributed by atoms with Crippen LogP contribution in [-0.4, -0.2) is 44.1 Å². The van der Waals surface area contributed by atoms with Crippen molar-refractivity contribution >= 4 is 23.5 Å². The Morgan fingerprint density at radius 3 is 2.48 bits per heavy atom. The van der Waals surface area contributed by atoms with Crippen LogP contribution in [0.25, 0.3) is 11.3 Å². The van der Waals surface area contributed by atoms with Crippen molar-refractivity contribution in [2.45, 2.75) is 13.2 Å². The maximum atomic E-state index is 14.3. The Morgan fingerprint density at radius 2 is 1.75 bits per heavy atom. The molecular weight excluding hydrogens is 529 g/mol. The fourth-order valence-electron chi connectivity index (χ4n) is 4.47. The van der Waals surface area contributed by atoms with Crippen LogP contribution in [0.2, 0.25) is 0 Å². The van der Waals surface area contributed by atoms with E-state index in [4.69, 9.17) is 4.74 Å². The highest BCUT2D eigenvalue weighted by Crippen LogP contribution is 2.40. The predicted molar refractivity (Wildman–Crippen MR) is 136 cm³/mol. The van der Waals surface area contributed by atoms with Gasteiger partial charge in [-0.2, -0.15) is 5.10 Å². The van der Waals surface area contributed by atoms with Crippen molar-refractivity contribution in [1.82, 2.24) is 14.7 Å². The largest absolute Gasteiger partial charge is 0.488 e. The quantitative estimate of drug-likeness (QED) is 0.353. The number of nitrogens with one attached hydrogen (secondary N) is 1. The Labute approximate surface area is 225 Å². The van der Waals surface area contributed by atoms with Gasteiger partial charge in [0.2, 0.25) is 5.91 Å². The number of benzene rings is 3. The summed E-state index contributed by atoms with van der Waals surface area (Å²) in [6.07, 6.45) is 0. The average molecular weight is 550 g/mol. The number of aromatic carboxylic acids is 1. The van der Waals surface area contributed by atoms with E-state index in [9.17, 15) is 32.7 Å². The molecule has 0 atom stereocenters. The lowest BCUT2D eigenvalue weighted by molar-refractivity contribution is -0.117. The van der Waals surface area contributed by atoms with Gasteiger partial charge in [-0.25, -0.2) is 18.0 Å². The van der Waals surface area contributed by atoms with Crippen LogP contribution in [0.5, 0.6) is 5.75 Å². The average Bonchev–Trinajstić information content (AvgIpc) is 3.27. The Morgan fingerprint density at radius 1 is 1.02 bits per heavy atom. The van der Waals surface area contributed by atoms with Gasteiger partial charge in [0.15, 0.2) is 17.3 Å².